The number of carbonyl (C=O) groups is 1. The van der Waals surface area contributed by atoms with Crippen LogP contribution in [0.3, 0.4) is 0 Å². The zero-order valence-electron chi connectivity index (χ0n) is 24.3. The van der Waals surface area contributed by atoms with Crippen molar-refractivity contribution in [2.75, 3.05) is 30.5 Å². The van der Waals surface area contributed by atoms with E-state index in [2.05, 4.69) is 15.6 Å². The molecule has 9 nitrogen and oxygen atoms in total. The van der Waals surface area contributed by atoms with E-state index in [0.29, 0.717) is 29.8 Å². The second kappa shape index (κ2) is 12.6. The third-order valence-corrected chi connectivity index (χ3v) is 6.92. The predicted octanol–water partition coefficient (Wildman–Crippen LogP) is 7.25. The summed E-state index contributed by atoms with van der Waals surface area (Å²) in [4.78, 5) is 17.1. The van der Waals surface area contributed by atoms with Gasteiger partial charge in [0.15, 0.2) is 0 Å². The number of aryl methyl sites for hydroxylation is 1. The molecule has 0 spiro atoms. The fourth-order valence-electron chi connectivity index (χ4n) is 4.49. The van der Waals surface area contributed by atoms with Crippen molar-refractivity contribution in [3.05, 3.63) is 84.1 Å². The SMILES string of the molecule is Cc1cc(Oc2ccc(NC(=O)Nc3cc(C(C)(C)C)nn3-c3ccc(OCC4CCOCC4)cc3)c(F)c2)ccn1. The monoisotopic (exact) mass is 573 g/mol. The largest absolute Gasteiger partial charge is 0.493 e. The van der Waals surface area contributed by atoms with E-state index >= 15 is 0 Å². The van der Waals surface area contributed by atoms with Crippen LogP contribution in [0.1, 0.15) is 45.0 Å². The average Bonchev–Trinajstić information content (AvgIpc) is 3.38. The van der Waals surface area contributed by atoms with Crippen LogP contribution in [0, 0.1) is 18.7 Å². The first-order valence-corrected chi connectivity index (χ1v) is 14.0. The van der Waals surface area contributed by atoms with Crippen molar-refractivity contribution in [1.82, 2.24) is 14.8 Å². The van der Waals surface area contributed by atoms with Gasteiger partial charge in [0.1, 0.15) is 28.9 Å². The highest BCUT2D eigenvalue weighted by Gasteiger charge is 2.22. The van der Waals surface area contributed by atoms with Crippen molar-refractivity contribution < 1.29 is 23.4 Å². The summed E-state index contributed by atoms with van der Waals surface area (Å²) >= 11 is 0. The number of rotatable bonds is 8. The summed E-state index contributed by atoms with van der Waals surface area (Å²) in [5.41, 5.74) is 2.07. The molecule has 5 rings (SSSR count). The Bertz CT molecular complexity index is 1520. The molecule has 42 heavy (non-hydrogen) atoms. The van der Waals surface area contributed by atoms with Gasteiger partial charge in [-0.15, -0.1) is 0 Å². The van der Waals surface area contributed by atoms with E-state index in [-0.39, 0.29) is 11.1 Å². The van der Waals surface area contributed by atoms with Crippen LogP contribution in [0.2, 0.25) is 0 Å². The van der Waals surface area contributed by atoms with Crippen LogP contribution < -0.4 is 20.1 Å². The molecule has 1 aliphatic heterocycles. The minimum absolute atomic E-state index is 0.0129. The zero-order chi connectivity index (χ0) is 29.7. The number of anilines is 2. The lowest BCUT2D eigenvalue weighted by Gasteiger charge is -2.22. The van der Waals surface area contributed by atoms with E-state index in [0.717, 1.165) is 48.9 Å². The Morgan fingerprint density at radius 2 is 1.71 bits per heavy atom. The van der Waals surface area contributed by atoms with Gasteiger partial charge in [0.05, 0.1) is 23.7 Å². The van der Waals surface area contributed by atoms with Gasteiger partial charge in [-0.2, -0.15) is 5.10 Å². The van der Waals surface area contributed by atoms with Crippen LogP contribution in [-0.4, -0.2) is 40.6 Å². The van der Waals surface area contributed by atoms with Crippen molar-refractivity contribution >= 4 is 17.5 Å². The molecule has 1 aliphatic rings. The number of hydrogen-bond donors (Lipinski definition) is 2. The molecule has 4 aromatic rings. The van der Waals surface area contributed by atoms with Gasteiger partial charge in [0.2, 0.25) is 0 Å². The molecule has 0 radical (unpaired) electrons. The molecule has 0 bridgehead atoms. The number of benzene rings is 2. The predicted molar refractivity (Wildman–Crippen MR) is 159 cm³/mol. The number of ether oxygens (including phenoxy) is 3. The van der Waals surface area contributed by atoms with E-state index in [1.165, 1.54) is 12.1 Å². The lowest BCUT2D eigenvalue weighted by molar-refractivity contribution is 0.0497. The van der Waals surface area contributed by atoms with Crippen molar-refractivity contribution in [2.45, 2.75) is 46.0 Å². The molecular formula is C32H36FN5O4. The molecule has 1 saturated heterocycles. The number of urea groups is 1. The Kier molecular flexibility index (Phi) is 8.72. The fraction of sp³-hybridized carbons (Fsp3) is 0.344. The Balaban J connectivity index is 1.27. The summed E-state index contributed by atoms with van der Waals surface area (Å²) in [6.45, 7) is 10.2. The van der Waals surface area contributed by atoms with Crippen LogP contribution in [0.25, 0.3) is 5.69 Å². The quantitative estimate of drug-likeness (QED) is 0.230. The highest BCUT2D eigenvalue weighted by molar-refractivity contribution is 5.99. The first kappa shape index (κ1) is 29.1. The summed E-state index contributed by atoms with van der Waals surface area (Å²) in [6, 6.07) is 16.5. The molecule has 2 aromatic carbocycles. The summed E-state index contributed by atoms with van der Waals surface area (Å²) in [6.07, 6.45) is 3.63. The van der Waals surface area contributed by atoms with E-state index < -0.39 is 11.8 Å². The number of aromatic nitrogens is 3. The van der Waals surface area contributed by atoms with Gasteiger partial charge in [0, 0.05) is 48.7 Å². The second-order valence-corrected chi connectivity index (χ2v) is 11.4. The van der Waals surface area contributed by atoms with Crippen molar-refractivity contribution in [2.24, 2.45) is 5.92 Å². The maximum Gasteiger partial charge on any atom is 0.324 e. The molecule has 2 aromatic heterocycles. The zero-order valence-corrected chi connectivity index (χ0v) is 24.3. The molecule has 0 unspecified atom stereocenters. The first-order valence-electron chi connectivity index (χ1n) is 14.0. The fourth-order valence-corrected chi connectivity index (χ4v) is 4.49. The minimum atomic E-state index is -0.631. The molecule has 2 N–H and O–H groups in total. The van der Waals surface area contributed by atoms with Crippen LogP contribution in [0.4, 0.5) is 20.7 Å². The Morgan fingerprint density at radius 3 is 2.40 bits per heavy atom. The molecule has 0 aliphatic carbocycles. The number of carbonyl (C=O) groups excluding carboxylic acids is 1. The van der Waals surface area contributed by atoms with E-state index in [1.54, 1.807) is 29.1 Å². The molecule has 220 valence electrons. The van der Waals surface area contributed by atoms with Crippen LogP contribution in [0.15, 0.2) is 66.9 Å². The van der Waals surface area contributed by atoms with Crippen molar-refractivity contribution in [1.29, 1.82) is 0 Å². The molecule has 0 saturated carbocycles. The summed E-state index contributed by atoms with van der Waals surface area (Å²) in [7, 11) is 0. The van der Waals surface area contributed by atoms with Gasteiger partial charge in [0.25, 0.3) is 0 Å². The minimum Gasteiger partial charge on any atom is -0.493 e. The molecular weight excluding hydrogens is 537 g/mol. The Morgan fingerprint density at radius 1 is 1.00 bits per heavy atom. The third-order valence-electron chi connectivity index (χ3n) is 6.92. The molecule has 0 atom stereocenters. The molecule has 10 heteroatoms. The number of nitrogens with one attached hydrogen (secondary N) is 2. The lowest BCUT2D eigenvalue weighted by Crippen LogP contribution is -2.22. The number of nitrogens with zero attached hydrogens (tertiary/aromatic N) is 3. The Labute approximate surface area is 245 Å². The van der Waals surface area contributed by atoms with Crippen molar-refractivity contribution in [3.63, 3.8) is 0 Å². The number of halogens is 1. The van der Waals surface area contributed by atoms with Gasteiger partial charge in [-0.05, 0) is 68.1 Å². The molecule has 1 fully saturated rings. The van der Waals surface area contributed by atoms with Crippen LogP contribution >= 0.6 is 0 Å². The van der Waals surface area contributed by atoms with E-state index in [1.807, 2.05) is 58.0 Å². The topological polar surface area (TPSA) is 99.5 Å². The van der Waals surface area contributed by atoms with Crippen LogP contribution in [0.5, 0.6) is 17.2 Å². The van der Waals surface area contributed by atoms with Gasteiger partial charge >= 0.3 is 6.03 Å². The van der Waals surface area contributed by atoms with Gasteiger partial charge in [-0.25, -0.2) is 13.9 Å². The lowest BCUT2D eigenvalue weighted by atomic mass is 9.92. The maximum atomic E-state index is 14.9. The van der Waals surface area contributed by atoms with Crippen LogP contribution in [-0.2, 0) is 10.2 Å². The standard InChI is InChI=1S/C32H36FN5O4/c1-21-17-26(11-14-34-21)42-25-9-10-28(27(33)18-25)35-31(39)36-30-19-29(32(2,3)4)37-38(30)23-5-7-24(8-6-23)41-20-22-12-15-40-16-13-22/h5-11,14,17-19,22H,12-13,15-16,20H2,1-4H3,(H2,35,36,39). The highest BCUT2D eigenvalue weighted by Crippen LogP contribution is 2.29. The Hall–Kier alpha value is -4.44. The van der Waals surface area contributed by atoms with Gasteiger partial charge < -0.3 is 19.5 Å². The number of pyridine rings is 1. The molecule has 3 heterocycles. The first-order chi connectivity index (χ1) is 20.1. The van der Waals surface area contributed by atoms with Crippen molar-refractivity contribution in [3.8, 4) is 22.9 Å². The average molecular weight is 574 g/mol. The second-order valence-electron chi connectivity index (χ2n) is 11.4. The smallest absolute Gasteiger partial charge is 0.324 e. The van der Waals surface area contributed by atoms with Gasteiger partial charge in [-0.3, -0.25) is 10.3 Å². The van der Waals surface area contributed by atoms with E-state index in [9.17, 15) is 9.18 Å². The summed E-state index contributed by atoms with van der Waals surface area (Å²) in [5, 5.41) is 10.2. The summed E-state index contributed by atoms with van der Waals surface area (Å²) in [5.74, 6) is 1.92. The molecule has 2 amide bonds. The third kappa shape index (κ3) is 7.44. The highest BCUT2D eigenvalue weighted by atomic mass is 19.1. The summed E-state index contributed by atoms with van der Waals surface area (Å²) < 4.78 is 33.7. The van der Waals surface area contributed by atoms with E-state index in [4.69, 9.17) is 19.3 Å². The normalized spacial score (nSPS) is 13.9. The van der Waals surface area contributed by atoms with Gasteiger partial charge in [-0.1, -0.05) is 20.8 Å². The maximum absolute atomic E-state index is 14.9. The number of amides is 2. The number of hydrogen-bond acceptors (Lipinski definition) is 6.